The first kappa shape index (κ1) is 25.8. The van der Waals surface area contributed by atoms with E-state index < -0.39 is 0 Å². The van der Waals surface area contributed by atoms with Gasteiger partial charge in [-0.15, -0.1) is 0 Å². The summed E-state index contributed by atoms with van der Waals surface area (Å²) in [7, 11) is 0. The van der Waals surface area contributed by atoms with E-state index in [1.54, 1.807) is 24.3 Å². The first-order valence-electron chi connectivity index (χ1n) is 11.5. The van der Waals surface area contributed by atoms with Crippen molar-refractivity contribution in [2.24, 2.45) is 5.92 Å². The Morgan fingerprint density at radius 2 is 1.53 bits per heavy atom. The summed E-state index contributed by atoms with van der Waals surface area (Å²) in [5, 5.41) is 8.79. The lowest BCUT2D eigenvalue weighted by atomic mass is 10.1. The van der Waals surface area contributed by atoms with Gasteiger partial charge in [-0.2, -0.15) is 0 Å². The van der Waals surface area contributed by atoms with Crippen LogP contribution in [0.15, 0.2) is 24.3 Å². The summed E-state index contributed by atoms with van der Waals surface area (Å²) < 4.78 is 0. The van der Waals surface area contributed by atoms with Gasteiger partial charge in [-0.1, -0.05) is 26.0 Å². The molecule has 0 radical (unpaired) electrons. The van der Waals surface area contributed by atoms with Crippen LogP contribution in [0.4, 0.5) is 5.69 Å². The number of carbonyl (C=O) groups excluding carboxylic acids is 3. The number of benzene rings is 1. The largest absolute Gasteiger partial charge is 0.352 e. The molecule has 3 amide bonds. The molecular formula is C24H39N5O3. The maximum Gasteiger partial charge on any atom is 0.253 e. The Labute approximate surface area is 192 Å². The van der Waals surface area contributed by atoms with Gasteiger partial charge in [-0.25, -0.2) is 0 Å². The molecule has 2 rings (SSSR count). The van der Waals surface area contributed by atoms with Gasteiger partial charge in [0.1, 0.15) is 0 Å². The van der Waals surface area contributed by atoms with Crippen molar-refractivity contribution < 1.29 is 14.4 Å². The first-order chi connectivity index (χ1) is 15.0. The van der Waals surface area contributed by atoms with E-state index in [0.717, 1.165) is 26.1 Å². The Morgan fingerprint density at radius 3 is 2.12 bits per heavy atom. The maximum atomic E-state index is 12.7. The minimum Gasteiger partial charge on any atom is -0.352 e. The molecule has 1 aliphatic rings. The van der Waals surface area contributed by atoms with Crippen LogP contribution in [0.5, 0.6) is 0 Å². The average molecular weight is 446 g/mol. The molecule has 1 aliphatic heterocycles. The number of nitrogens with one attached hydrogen (secondary N) is 3. The van der Waals surface area contributed by atoms with Crippen LogP contribution < -0.4 is 16.0 Å². The van der Waals surface area contributed by atoms with E-state index >= 15 is 0 Å². The molecule has 1 heterocycles. The van der Waals surface area contributed by atoms with E-state index in [0.29, 0.717) is 36.8 Å². The second kappa shape index (κ2) is 12.0. The number of hydrogen-bond donors (Lipinski definition) is 3. The molecule has 1 fully saturated rings. The molecule has 1 saturated heterocycles. The molecule has 178 valence electrons. The summed E-state index contributed by atoms with van der Waals surface area (Å²) in [6.45, 7) is 14.3. The zero-order chi connectivity index (χ0) is 23.7. The number of para-hydroxylation sites is 1. The highest BCUT2D eigenvalue weighted by molar-refractivity contribution is 6.04. The molecule has 0 saturated carbocycles. The Hall–Kier alpha value is -2.45. The minimum absolute atomic E-state index is 0.0241. The van der Waals surface area contributed by atoms with Gasteiger partial charge in [0.2, 0.25) is 11.8 Å². The molecule has 0 aromatic heterocycles. The molecule has 0 spiro atoms. The van der Waals surface area contributed by atoms with E-state index in [1.807, 2.05) is 34.6 Å². The number of nitrogens with zero attached hydrogens (tertiary/aromatic N) is 2. The summed E-state index contributed by atoms with van der Waals surface area (Å²) in [5.74, 6) is 0.0421. The summed E-state index contributed by atoms with van der Waals surface area (Å²) in [6, 6.07) is 7.07. The molecule has 0 atom stereocenters. The van der Waals surface area contributed by atoms with Crippen LogP contribution in [0.3, 0.4) is 0 Å². The van der Waals surface area contributed by atoms with Crippen LogP contribution in [-0.4, -0.2) is 78.9 Å². The van der Waals surface area contributed by atoms with Crippen LogP contribution in [-0.2, 0) is 9.59 Å². The summed E-state index contributed by atoms with van der Waals surface area (Å²) in [6.07, 6.45) is 0.893. The van der Waals surface area contributed by atoms with Crippen LogP contribution in [0.25, 0.3) is 0 Å². The molecule has 1 aromatic carbocycles. The quantitative estimate of drug-likeness (QED) is 0.569. The van der Waals surface area contributed by atoms with Crippen LogP contribution >= 0.6 is 0 Å². The zero-order valence-corrected chi connectivity index (χ0v) is 20.2. The lowest BCUT2D eigenvalue weighted by Gasteiger charge is -2.25. The molecule has 0 unspecified atom stereocenters. The molecule has 1 aromatic rings. The lowest BCUT2D eigenvalue weighted by molar-refractivity contribution is -0.123. The molecule has 0 bridgehead atoms. The van der Waals surface area contributed by atoms with Gasteiger partial charge in [0.15, 0.2) is 0 Å². The highest BCUT2D eigenvalue weighted by Gasteiger charge is 2.21. The summed E-state index contributed by atoms with van der Waals surface area (Å²) in [5.41, 5.74) is 0.747. The van der Waals surface area contributed by atoms with Crippen LogP contribution in [0.2, 0.25) is 0 Å². The normalized spacial score (nSPS) is 15.8. The molecule has 8 heteroatoms. The Bertz CT molecular complexity index is 788. The summed E-state index contributed by atoms with van der Waals surface area (Å²) in [4.78, 5) is 41.6. The monoisotopic (exact) mass is 445 g/mol. The fraction of sp³-hybridized carbons (Fsp3) is 0.625. The SMILES string of the molecule is CC(C)CNC(=O)c1ccccc1NC(=O)CN1CCCN(CC(=O)NC(C)(C)C)CC1. The summed E-state index contributed by atoms with van der Waals surface area (Å²) >= 11 is 0. The van der Waals surface area contributed by atoms with Gasteiger partial charge in [-0.05, 0) is 58.3 Å². The van der Waals surface area contributed by atoms with Crippen molar-refractivity contribution in [3.8, 4) is 0 Å². The Kier molecular flexibility index (Phi) is 9.65. The number of anilines is 1. The van der Waals surface area contributed by atoms with E-state index in [2.05, 4.69) is 25.8 Å². The van der Waals surface area contributed by atoms with E-state index in [-0.39, 0.29) is 29.8 Å². The van der Waals surface area contributed by atoms with E-state index in [4.69, 9.17) is 0 Å². The third kappa shape index (κ3) is 9.36. The second-order valence-electron chi connectivity index (χ2n) is 9.90. The topological polar surface area (TPSA) is 93.8 Å². The van der Waals surface area contributed by atoms with Crippen molar-refractivity contribution in [2.75, 3.05) is 51.1 Å². The van der Waals surface area contributed by atoms with Crippen molar-refractivity contribution in [3.05, 3.63) is 29.8 Å². The predicted molar refractivity (Wildman–Crippen MR) is 128 cm³/mol. The third-order valence-electron chi connectivity index (χ3n) is 5.05. The van der Waals surface area contributed by atoms with Gasteiger partial charge in [0.25, 0.3) is 5.91 Å². The van der Waals surface area contributed by atoms with Gasteiger partial charge >= 0.3 is 0 Å². The predicted octanol–water partition coefficient (Wildman–Crippen LogP) is 1.93. The second-order valence-corrected chi connectivity index (χ2v) is 9.90. The average Bonchev–Trinajstić information content (AvgIpc) is 2.90. The molecule has 3 N–H and O–H groups in total. The number of rotatable bonds is 8. The van der Waals surface area contributed by atoms with Crippen molar-refractivity contribution in [3.63, 3.8) is 0 Å². The Balaban J connectivity index is 1.86. The highest BCUT2D eigenvalue weighted by Crippen LogP contribution is 2.15. The van der Waals surface area contributed by atoms with Crippen molar-refractivity contribution in [2.45, 2.75) is 46.6 Å². The van der Waals surface area contributed by atoms with Crippen molar-refractivity contribution in [1.29, 1.82) is 0 Å². The number of carbonyl (C=O) groups is 3. The first-order valence-corrected chi connectivity index (χ1v) is 11.5. The fourth-order valence-corrected chi connectivity index (χ4v) is 3.58. The standard InChI is InChI=1S/C24H39N5O3/c1-18(2)15-25-23(32)19-9-6-7-10-20(19)26-21(30)16-28-11-8-12-29(14-13-28)17-22(31)27-24(3,4)5/h6-7,9-10,18H,8,11-17H2,1-5H3,(H,25,32)(H,26,30)(H,27,31). The van der Waals surface area contributed by atoms with Crippen molar-refractivity contribution in [1.82, 2.24) is 20.4 Å². The van der Waals surface area contributed by atoms with Crippen molar-refractivity contribution >= 4 is 23.4 Å². The zero-order valence-electron chi connectivity index (χ0n) is 20.2. The third-order valence-corrected chi connectivity index (χ3v) is 5.05. The maximum absolute atomic E-state index is 12.7. The van der Waals surface area contributed by atoms with Crippen LogP contribution in [0.1, 0.15) is 51.4 Å². The molecular weight excluding hydrogens is 406 g/mol. The minimum atomic E-state index is -0.241. The molecule has 0 aliphatic carbocycles. The fourth-order valence-electron chi connectivity index (χ4n) is 3.58. The van der Waals surface area contributed by atoms with Gasteiger partial charge < -0.3 is 16.0 Å². The lowest BCUT2D eigenvalue weighted by Crippen LogP contribution is -2.46. The number of amides is 3. The van der Waals surface area contributed by atoms with Gasteiger partial charge in [-0.3, -0.25) is 24.2 Å². The Morgan fingerprint density at radius 1 is 0.938 bits per heavy atom. The van der Waals surface area contributed by atoms with E-state index in [9.17, 15) is 14.4 Å². The number of hydrogen-bond acceptors (Lipinski definition) is 5. The van der Waals surface area contributed by atoms with E-state index in [1.165, 1.54) is 0 Å². The molecule has 32 heavy (non-hydrogen) atoms. The van der Waals surface area contributed by atoms with Gasteiger partial charge in [0, 0.05) is 25.2 Å². The highest BCUT2D eigenvalue weighted by atomic mass is 16.2. The molecule has 8 nitrogen and oxygen atoms in total. The smallest absolute Gasteiger partial charge is 0.253 e. The van der Waals surface area contributed by atoms with Gasteiger partial charge in [0.05, 0.1) is 24.3 Å². The van der Waals surface area contributed by atoms with Crippen LogP contribution in [0, 0.1) is 5.92 Å².